The summed E-state index contributed by atoms with van der Waals surface area (Å²) >= 11 is 0. The quantitative estimate of drug-likeness (QED) is 0.419. The number of hydrogen-bond donors (Lipinski definition) is 0. The summed E-state index contributed by atoms with van der Waals surface area (Å²) in [5, 5.41) is 6.94. The van der Waals surface area contributed by atoms with Crippen LogP contribution in [0.1, 0.15) is 66.8 Å². The monoisotopic (exact) mass is 487 g/mol. The van der Waals surface area contributed by atoms with E-state index in [9.17, 15) is 8.42 Å². The second kappa shape index (κ2) is 9.96. The molecule has 0 radical (unpaired) electrons. The van der Waals surface area contributed by atoms with E-state index < -0.39 is 10.0 Å². The van der Waals surface area contributed by atoms with E-state index in [0.717, 1.165) is 48.1 Å². The maximum Gasteiger partial charge on any atom is 0.293 e. The Morgan fingerprint density at radius 3 is 2.00 bits per heavy atom. The second-order valence-corrected chi connectivity index (χ2v) is 11.5. The van der Waals surface area contributed by atoms with Gasteiger partial charge in [0.15, 0.2) is 0 Å². The molecule has 182 valence electrons. The van der Waals surface area contributed by atoms with Crippen LogP contribution < -0.4 is 0 Å². The van der Waals surface area contributed by atoms with Crippen LogP contribution in [0.15, 0.2) is 88.9 Å². The molecule has 1 saturated carbocycles. The van der Waals surface area contributed by atoms with Crippen LogP contribution in [-0.4, -0.2) is 29.7 Å². The van der Waals surface area contributed by atoms with E-state index in [4.69, 9.17) is 5.10 Å². The minimum atomic E-state index is -3.90. The second-order valence-electron chi connectivity index (χ2n) is 9.76. The van der Waals surface area contributed by atoms with Crippen molar-refractivity contribution in [2.75, 3.05) is 0 Å². The normalized spacial score (nSPS) is 20.0. The molecule has 0 N–H and O–H groups in total. The molecule has 0 bridgehead atoms. The van der Waals surface area contributed by atoms with Gasteiger partial charge in [-0.25, -0.2) is 0 Å². The Morgan fingerprint density at radius 1 is 0.771 bits per heavy atom. The zero-order chi connectivity index (χ0) is 24.4. The summed E-state index contributed by atoms with van der Waals surface area (Å²) < 4.78 is 29.6. The van der Waals surface area contributed by atoms with Gasteiger partial charge < -0.3 is 0 Å². The highest BCUT2D eigenvalue weighted by molar-refractivity contribution is 7.89. The third-order valence-electron chi connectivity index (χ3n) is 7.16. The van der Waals surface area contributed by atoms with Crippen molar-refractivity contribution in [1.29, 1.82) is 0 Å². The molecule has 5 nitrogen and oxygen atoms in total. The van der Waals surface area contributed by atoms with Gasteiger partial charge in [0, 0.05) is 12.5 Å². The van der Waals surface area contributed by atoms with Crippen molar-refractivity contribution in [3.63, 3.8) is 0 Å². The van der Waals surface area contributed by atoms with E-state index in [1.807, 2.05) is 49.4 Å². The average molecular weight is 488 g/mol. The van der Waals surface area contributed by atoms with E-state index in [1.165, 1.54) is 16.5 Å². The molecule has 0 spiro atoms. The lowest BCUT2D eigenvalue weighted by Crippen LogP contribution is -2.54. The molecule has 0 aromatic heterocycles. The summed E-state index contributed by atoms with van der Waals surface area (Å²) in [7, 11) is -3.90. The zero-order valence-electron chi connectivity index (χ0n) is 20.5. The van der Waals surface area contributed by atoms with E-state index in [2.05, 4.69) is 36.2 Å². The Labute approximate surface area is 209 Å². The Hall–Kier alpha value is -2.96. The van der Waals surface area contributed by atoms with Crippen LogP contribution in [0.25, 0.3) is 0 Å². The largest absolute Gasteiger partial charge is 0.293 e. The van der Waals surface area contributed by atoms with Gasteiger partial charge in [-0.3, -0.25) is 0 Å². The summed E-state index contributed by atoms with van der Waals surface area (Å²) in [5.41, 5.74) is 5.08. The maximum atomic E-state index is 14.1. The first-order valence-electron chi connectivity index (χ1n) is 12.5. The van der Waals surface area contributed by atoms with Gasteiger partial charge in [-0.05, 0) is 49.9 Å². The fourth-order valence-electron chi connectivity index (χ4n) is 5.18. The maximum absolute atomic E-state index is 14.1. The highest BCUT2D eigenvalue weighted by Crippen LogP contribution is 2.40. The van der Waals surface area contributed by atoms with Crippen molar-refractivity contribution < 1.29 is 8.42 Å². The number of hydrazine groups is 1. The number of benzene rings is 3. The molecule has 1 unspecified atom stereocenters. The number of hydrazone groups is 1. The average Bonchev–Trinajstić information content (AvgIpc) is 2.90. The van der Waals surface area contributed by atoms with E-state index in [1.54, 1.807) is 12.1 Å². The molecule has 5 rings (SSSR count). The van der Waals surface area contributed by atoms with Crippen molar-refractivity contribution >= 4 is 15.7 Å². The predicted molar refractivity (Wildman–Crippen MR) is 140 cm³/mol. The molecule has 1 aliphatic carbocycles. The van der Waals surface area contributed by atoms with Gasteiger partial charge in [-0.15, -0.1) is 9.62 Å². The first kappa shape index (κ1) is 23.8. The van der Waals surface area contributed by atoms with Gasteiger partial charge in [0.1, 0.15) is 0 Å². The number of rotatable bonds is 5. The Balaban J connectivity index is 1.68. The van der Waals surface area contributed by atoms with Crippen LogP contribution in [0.4, 0.5) is 0 Å². The van der Waals surface area contributed by atoms with Crippen molar-refractivity contribution in [2.24, 2.45) is 5.10 Å². The molecule has 1 aliphatic heterocycles. The molecule has 35 heavy (non-hydrogen) atoms. The van der Waals surface area contributed by atoms with Crippen LogP contribution in [0, 0.1) is 13.8 Å². The summed E-state index contributed by atoms with van der Waals surface area (Å²) in [4.78, 5) is 0.268. The van der Waals surface area contributed by atoms with E-state index in [-0.39, 0.29) is 17.0 Å². The third-order valence-corrected chi connectivity index (χ3v) is 8.73. The van der Waals surface area contributed by atoms with Crippen molar-refractivity contribution in [2.45, 2.75) is 69.4 Å². The van der Waals surface area contributed by atoms with Crippen molar-refractivity contribution in [1.82, 2.24) is 9.53 Å². The van der Waals surface area contributed by atoms with Crippen molar-refractivity contribution in [3.05, 3.63) is 101 Å². The van der Waals surface area contributed by atoms with Gasteiger partial charge in [-0.1, -0.05) is 97.1 Å². The molecule has 0 amide bonds. The van der Waals surface area contributed by atoms with Crippen molar-refractivity contribution in [3.8, 4) is 0 Å². The first-order valence-corrected chi connectivity index (χ1v) is 14.0. The standard InChI is InChI=1S/C29H33N3O2S/c1-22-13-17-25(18-14-22)29-21-28(24-9-5-3-6-10-24)30-32(31(29)26-11-7-4-8-12-26)35(33,34)27-19-15-23(2)16-20-27/h3,5-6,9-10,13-20,26,29H,4,7-8,11-12,21H2,1-2H3. The topological polar surface area (TPSA) is 53.0 Å². The smallest absolute Gasteiger partial charge is 0.198 e. The number of aryl methyl sites for hydroxylation is 2. The van der Waals surface area contributed by atoms with Gasteiger partial charge in [0.25, 0.3) is 10.0 Å². The Morgan fingerprint density at radius 2 is 1.37 bits per heavy atom. The molecule has 2 aliphatic rings. The highest BCUT2D eigenvalue weighted by atomic mass is 32.2. The summed E-state index contributed by atoms with van der Waals surface area (Å²) in [6.07, 6.45) is 6.01. The van der Waals surface area contributed by atoms with E-state index >= 15 is 0 Å². The number of sulfonamides is 1. The predicted octanol–water partition coefficient (Wildman–Crippen LogP) is 6.39. The van der Waals surface area contributed by atoms with Gasteiger partial charge in [0.05, 0.1) is 16.6 Å². The minimum Gasteiger partial charge on any atom is -0.198 e. The summed E-state index contributed by atoms with van der Waals surface area (Å²) in [6, 6.07) is 25.5. The first-order chi connectivity index (χ1) is 16.9. The van der Waals surface area contributed by atoms with Gasteiger partial charge in [0.2, 0.25) is 0 Å². The lowest BCUT2D eigenvalue weighted by atomic mass is 9.90. The molecule has 0 saturated heterocycles. The van der Waals surface area contributed by atoms with Crippen LogP contribution in [0.5, 0.6) is 0 Å². The number of nitrogens with zero attached hydrogens (tertiary/aromatic N) is 3. The SMILES string of the molecule is Cc1ccc(C2CC(c3ccccc3)=NN(S(=O)(=O)c3ccc(C)cc3)N2C2CCCCC2)cc1. The Kier molecular flexibility index (Phi) is 6.76. The summed E-state index contributed by atoms with van der Waals surface area (Å²) in [6.45, 7) is 4.04. The highest BCUT2D eigenvalue weighted by Gasteiger charge is 2.43. The molecular weight excluding hydrogens is 454 g/mol. The Bertz CT molecular complexity index is 1280. The van der Waals surface area contributed by atoms with Crippen LogP contribution in [-0.2, 0) is 10.0 Å². The van der Waals surface area contributed by atoms with Crippen LogP contribution >= 0.6 is 0 Å². The lowest BCUT2D eigenvalue weighted by molar-refractivity contribution is -0.0492. The molecule has 1 atom stereocenters. The van der Waals surface area contributed by atoms with Crippen LogP contribution in [0.3, 0.4) is 0 Å². The summed E-state index contributed by atoms with van der Waals surface area (Å²) in [5.74, 6) is 0. The lowest BCUT2D eigenvalue weighted by Gasteiger charge is -2.46. The molecule has 6 heteroatoms. The molecule has 3 aromatic carbocycles. The zero-order valence-corrected chi connectivity index (χ0v) is 21.3. The van der Waals surface area contributed by atoms with Crippen LogP contribution in [0.2, 0.25) is 0 Å². The van der Waals surface area contributed by atoms with Gasteiger partial charge in [-0.2, -0.15) is 13.4 Å². The third kappa shape index (κ3) is 4.91. The fourth-order valence-corrected chi connectivity index (χ4v) is 6.55. The van der Waals surface area contributed by atoms with E-state index in [0.29, 0.717) is 6.42 Å². The molecule has 1 heterocycles. The molecule has 1 fully saturated rings. The molecule has 3 aromatic rings. The fraction of sp³-hybridized carbons (Fsp3) is 0.345. The number of hydrogen-bond acceptors (Lipinski definition) is 4. The minimum absolute atomic E-state index is 0.119. The molecular formula is C29H33N3O2S. The van der Waals surface area contributed by atoms with Gasteiger partial charge >= 0.3 is 0 Å².